The number of carbonyl (C=O) groups is 6. The number of aromatic nitrogens is 4. The number of nitrogens with one attached hydrogen (secondary N) is 10. The maximum absolute atomic E-state index is 12.9. The topological polar surface area (TPSA) is 497 Å². The number of H-pyrrole nitrogens is 2. The molecule has 14 unspecified atom stereocenters. The van der Waals surface area contributed by atoms with Crippen LogP contribution in [0.5, 0.6) is 0 Å². The van der Waals surface area contributed by atoms with E-state index >= 15 is 0 Å². The van der Waals surface area contributed by atoms with Crippen LogP contribution in [0.3, 0.4) is 0 Å². The van der Waals surface area contributed by atoms with E-state index in [9.17, 15) is 66.9 Å². The van der Waals surface area contributed by atoms with Crippen LogP contribution in [-0.4, -0.2) is 238 Å². The molecule has 8 rings (SSSR count). The summed E-state index contributed by atoms with van der Waals surface area (Å²) in [6, 6.07) is 0.367. The number of nitrogens with two attached hydrogens (primary N) is 2. The first-order valence-corrected chi connectivity index (χ1v) is 38.8. The van der Waals surface area contributed by atoms with Crippen LogP contribution < -0.4 is 76.5 Å². The van der Waals surface area contributed by atoms with Gasteiger partial charge in [0.25, 0.3) is 11.1 Å². The van der Waals surface area contributed by atoms with Crippen LogP contribution >= 0.6 is 39.2 Å². The van der Waals surface area contributed by atoms with Gasteiger partial charge in [-0.05, 0) is 50.7 Å². The fraction of sp³-hybridized carbons (Fsp3) is 0.700. The van der Waals surface area contributed by atoms with E-state index in [2.05, 4.69) is 61.5 Å². The highest BCUT2D eigenvalue weighted by atomic mass is 32.2. The summed E-state index contributed by atoms with van der Waals surface area (Å²) in [7, 11) is -6.52. The minimum Gasteiger partial charge on any atom is -0.355 e. The number of hydrogen-bond acceptors (Lipinski definition) is 24. The summed E-state index contributed by atoms with van der Waals surface area (Å²) in [5, 5.41) is 24.0. The lowest BCUT2D eigenvalue weighted by atomic mass is 10.0. The molecule has 0 spiro atoms. The minimum atomic E-state index is -4.34. The normalized spacial score (nSPS) is 25.7. The summed E-state index contributed by atoms with van der Waals surface area (Å²) in [5.74, 6) is 0.723. The molecule has 6 fully saturated rings. The van der Waals surface area contributed by atoms with E-state index in [1.165, 1.54) is 30.6 Å². The predicted molar refractivity (Wildman–Crippen MR) is 373 cm³/mol. The summed E-state index contributed by atoms with van der Waals surface area (Å²) in [5.41, 5.74) is 8.27. The highest BCUT2D eigenvalue weighted by Crippen LogP contribution is 2.49. The minimum absolute atomic E-state index is 0.00468. The van der Waals surface area contributed by atoms with Gasteiger partial charge in [-0.2, -0.15) is 23.5 Å². The molecule has 2 aromatic rings. The number of carbonyl (C=O) groups excluding carboxylic acids is 6. The SMILES string of the molecule is CCC1OC(n2cc(/C=C/C(=O)NCCN(CCN)CCN)c(=O)[nH]c2=O)CC1OP(=O)(O)OC.CCC1OC(n2cc(/C=C/C(=O)NCCN(CCNC(=O)CCCCC3SCC4NC(=O)NC43)CCNC(=O)CCCCC3SCC4NC(=O)NC43)c(=O)[nH]c2=O)CC1OP(=O)(O)OC. The number of fused-ring (bicyclic) bond motifs is 2. The Bertz CT molecular complexity index is 3420. The van der Waals surface area contributed by atoms with Crippen molar-refractivity contribution in [2.75, 3.05) is 104 Å². The van der Waals surface area contributed by atoms with E-state index in [1.54, 1.807) is 13.8 Å². The van der Waals surface area contributed by atoms with Crippen LogP contribution in [0.15, 0.2) is 43.7 Å². The molecule has 6 saturated heterocycles. The zero-order valence-corrected chi connectivity index (χ0v) is 60.1. The van der Waals surface area contributed by atoms with Gasteiger partial charge in [-0.1, -0.05) is 26.7 Å². The molecular formula is C60H98N16O20P2S2. The van der Waals surface area contributed by atoms with E-state index in [0.717, 1.165) is 79.5 Å². The van der Waals surface area contributed by atoms with Gasteiger partial charge in [-0.25, -0.2) is 28.3 Å². The molecule has 560 valence electrons. The van der Waals surface area contributed by atoms with E-state index in [0.29, 0.717) is 108 Å². The number of amides is 8. The third kappa shape index (κ3) is 25.1. The molecule has 16 N–H and O–H groups in total. The van der Waals surface area contributed by atoms with E-state index in [1.807, 2.05) is 33.3 Å². The Kier molecular flexibility index (Phi) is 32.6. The third-order valence-corrected chi connectivity index (χ3v) is 22.6. The van der Waals surface area contributed by atoms with E-state index in [-0.39, 0.29) is 78.6 Å². The number of urea groups is 2. The Labute approximate surface area is 586 Å². The summed E-state index contributed by atoms with van der Waals surface area (Å²) >= 11 is 3.70. The molecule has 0 aromatic carbocycles. The Morgan fingerprint density at radius 1 is 0.600 bits per heavy atom. The average Bonchev–Trinajstić information content (AvgIpc) is 1.49. The van der Waals surface area contributed by atoms with Crippen molar-refractivity contribution in [3.05, 3.63) is 77.3 Å². The van der Waals surface area contributed by atoms with Crippen LogP contribution in [0.2, 0.25) is 0 Å². The molecule has 8 amide bonds. The van der Waals surface area contributed by atoms with E-state index in [4.69, 9.17) is 30.0 Å². The zero-order valence-electron chi connectivity index (χ0n) is 56.7. The molecule has 100 heavy (non-hydrogen) atoms. The Morgan fingerprint density at radius 3 is 1.35 bits per heavy atom. The molecule has 6 aliphatic heterocycles. The van der Waals surface area contributed by atoms with Crippen molar-refractivity contribution in [3.8, 4) is 0 Å². The number of aromatic amines is 2. The summed E-state index contributed by atoms with van der Waals surface area (Å²) < 4.78 is 57.3. The lowest BCUT2D eigenvalue weighted by molar-refractivity contribution is -0.121. The molecule has 40 heteroatoms. The second-order valence-corrected chi connectivity index (χ2v) is 30.2. The first-order chi connectivity index (χ1) is 47.8. The molecule has 8 heterocycles. The number of hydrogen-bond donors (Lipinski definition) is 14. The number of unbranched alkanes of at least 4 members (excludes halogenated alkanes) is 2. The van der Waals surface area contributed by atoms with Gasteiger partial charge < -0.3 is 73.3 Å². The van der Waals surface area contributed by atoms with Crippen LogP contribution in [0.25, 0.3) is 12.2 Å². The molecule has 6 aliphatic rings. The van der Waals surface area contributed by atoms with Crippen molar-refractivity contribution in [1.29, 1.82) is 0 Å². The van der Waals surface area contributed by atoms with Gasteiger partial charge in [0.1, 0.15) is 12.5 Å². The van der Waals surface area contributed by atoms with Gasteiger partial charge in [0.15, 0.2) is 0 Å². The smallest absolute Gasteiger partial charge is 0.355 e. The zero-order chi connectivity index (χ0) is 72.5. The fourth-order valence-electron chi connectivity index (χ4n) is 12.4. The summed E-state index contributed by atoms with van der Waals surface area (Å²) in [4.78, 5) is 152. The molecule has 36 nitrogen and oxygen atoms in total. The van der Waals surface area contributed by atoms with Gasteiger partial charge in [-0.15, -0.1) is 0 Å². The molecule has 0 saturated carbocycles. The maximum atomic E-state index is 12.9. The molecule has 0 aliphatic carbocycles. The van der Waals surface area contributed by atoms with Crippen molar-refractivity contribution < 1.29 is 75.3 Å². The first-order valence-electron chi connectivity index (χ1n) is 33.7. The van der Waals surface area contributed by atoms with E-state index < -0.39 is 86.8 Å². The van der Waals surface area contributed by atoms with Crippen molar-refractivity contribution >= 4 is 87.0 Å². The lowest BCUT2D eigenvalue weighted by Crippen LogP contribution is -2.42. The highest BCUT2D eigenvalue weighted by molar-refractivity contribution is 8.00. The number of nitrogens with zero attached hydrogens (tertiary/aromatic N) is 4. The first kappa shape index (κ1) is 81.2. The predicted octanol–water partition coefficient (Wildman–Crippen LogP) is -0.804. The Hall–Kier alpha value is -6.06. The number of phosphoric ester groups is 2. The number of thioether (sulfide) groups is 2. The van der Waals surface area contributed by atoms with Crippen LogP contribution in [-0.2, 0) is 55.9 Å². The second-order valence-electron chi connectivity index (χ2n) is 24.6. The molecular weight excluding hydrogens is 1390 g/mol. The highest BCUT2D eigenvalue weighted by Gasteiger charge is 2.45. The molecule has 2 aromatic heterocycles. The van der Waals surface area contributed by atoms with Crippen molar-refractivity contribution in [1.82, 2.24) is 71.4 Å². The van der Waals surface area contributed by atoms with Crippen LogP contribution in [0.1, 0.15) is 114 Å². The van der Waals surface area contributed by atoms with Crippen molar-refractivity contribution in [2.24, 2.45) is 11.5 Å². The average molecular weight is 1490 g/mol. The van der Waals surface area contributed by atoms with Gasteiger partial charge >= 0.3 is 39.1 Å². The number of phosphoric acid groups is 2. The maximum Gasteiger partial charge on any atom is 0.472 e. The number of rotatable bonds is 40. The standard InChI is InChI=1S/C40H63N10O12PS2.C20H35N6O8P/c1-3-27-28(62-63(58,59)60-2)20-34(61-27)50-21-24(37(54)48-40(50)57)12-13-33(53)43-16-19-49(17-14-41-31(51)10-6-4-8-29-35-25(22-64-29)44-38(55)46-35)18-15-42-32(52)11-7-5-9-30-36-26(23-65-30)45-39(56)47-36;1-3-15-16(34-35(30,31)32-2)12-18(33-15)26-13-14(19(28)24-20(26)29)4-5-17(27)23-8-11-25(9-6-21)10-7-22/h12-13,21,25-30,34-36H,3-11,14-20,22-23H2,1-2H3,(H,41,51)(H,42,52)(H,43,53)(H,58,59)(H2,44,46,55)(H2,45,47,56)(H,48,54,57);4-5,13,15-16,18H,3,6-12,21-22H2,1-2H3,(H,23,27)(H,30,31)(H,24,28,29)/b13-12+;5-4+. The quantitative estimate of drug-likeness (QED) is 0.0168. The van der Waals surface area contributed by atoms with Crippen LogP contribution in [0, 0.1) is 0 Å². The van der Waals surface area contributed by atoms with Gasteiger partial charge in [0.2, 0.25) is 23.6 Å². The molecule has 0 radical (unpaired) electrons. The van der Waals surface area contributed by atoms with Crippen molar-refractivity contribution in [3.63, 3.8) is 0 Å². The molecule has 0 bridgehead atoms. The van der Waals surface area contributed by atoms with Crippen molar-refractivity contribution in [2.45, 2.75) is 162 Å². The monoisotopic (exact) mass is 1490 g/mol. The Morgan fingerprint density at radius 2 is 0.980 bits per heavy atom. The number of ether oxygens (including phenoxy) is 2. The van der Waals surface area contributed by atoms with Gasteiger partial charge in [0.05, 0.1) is 59.7 Å². The Balaban J connectivity index is 0.000000338. The fourth-order valence-corrected chi connectivity index (χ4v) is 16.8. The molecule has 14 atom stereocenters. The largest absolute Gasteiger partial charge is 0.472 e. The van der Waals surface area contributed by atoms with Crippen LogP contribution in [0.4, 0.5) is 9.59 Å². The van der Waals surface area contributed by atoms with Gasteiger partial charge in [0, 0.05) is 165 Å². The third-order valence-electron chi connectivity index (χ3n) is 17.6. The second kappa shape index (κ2) is 40.1. The summed E-state index contributed by atoms with van der Waals surface area (Å²) in [6.07, 6.45) is 9.50. The lowest BCUT2D eigenvalue weighted by Gasteiger charge is -2.23. The van der Waals surface area contributed by atoms with Gasteiger partial charge in [-0.3, -0.25) is 75.8 Å². The summed E-state index contributed by atoms with van der Waals surface area (Å²) in [6.45, 7) is 9.04.